The molecular formula is C15H22ClFN2O. The van der Waals surface area contributed by atoms with Crippen molar-refractivity contribution in [1.82, 2.24) is 10.2 Å². The number of halogens is 2. The SMILES string of the molecule is CC(C)(CNCc1ccc(Cl)cc1F)N1CCOCC1. The van der Waals surface area contributed by atoms with Crippen LogP contribution in [0, 0.1) is 5.82 Å². The molecule has 1 aromatic carbocycles. The molecule has 5 heteroatoms. The summed E-state index contributed by atoms with van der Waals surface area (Å²) in [6.07, 6.45) is 0. The van der Waals surface area contributed by atoms with Crippen LogP contribution in [0.4, 0.5) is 4.39 Å². The molecule has 0 atom stereocenters. The smallest absolute Gasteiger partial charge is 0.129 e. The number of nitrogens with zero attached hydrogens (tertiary/aromatic N) is 1. The fraction of sp³-hybridized carbons (Fsp3) is 0.600. The lowest BCUT2D eigenvalue weighted by atomic mass is 10.0. The standard InChI is InChI=1S/C15H22ClFN2O/c1-15(2,19-5-7-20-8-6-19)11-18-10-12-3-4-13(16)9-14(12)17/h3-4,9,18H,5-8,10-11H2,1-2H3. The summed E-state index contributed by atoms with van der Waals surface area (Å²) < 4.78 is 19.0. The Hall–Kier alpha value is -0.680. The van der Waals surface area contributed by atoms with Gasteiger partial charge in [-0.2, -0.15) is 0 Å². The first-order valence-electron chi connectivity index (χ1n) is 6.96. The Morgan fingerprint density at radius 2 is 2.05 bits per heavy atom. The Labute approximate surface area is 125 Å². The molecule has 1 saturated heterocycles. The molecule has 1 N–H and O–H groups in total. The first-order chi connectivity index (χ1) is 9.49. The van der Waals surface area contributed by atoms with E-state index in [9.17, 15) is 4.39 Å². The Balaban J connectivity index is 1.85. The van der Waals surface area contributed by atoms with Crippen molar-refractivity contribution in [1.29, 1.82) is 0 Å². The quantitative estimate of drug-likeness (QED) is 0.905. The zero-order chi connectivity index (χ0) is 14.6. The fourth-order valence-corrected chi connectivity index (χ4v) is 2.61. The van der Waals surface area contributed by atoms with Gasteiger partial charge in [-0.25, -0.2) is 4.39 Å². The molecule has 20 heavy (non-hydrogen) atoms. The lowest BCUT2D eigenvalue weighted by Crippen LogP contribution is -2.54. The maximum atomic E-state index is 13.7. The molecule has 1 heterocycles. The van der Waals surface area contributed by atoms with Crippen LogP contribution < -0.4 is 5.32 Å². The summed E-state index contributed by atoms with van der Waals surface area (Å²) in [5.41, 5.74) is 0.680. The van der Waals surface area contributed by atoms with Crippen molar-refractivity contribution in [2.24, 2.45) is 0 Å². The number of rotatable bonds is 5. The second kappa shape index (κ2) is 6.85. The van der Waals surface area contributed by atoms with Gasteiger partial charge in [-0.1, -0.05) is 17.7 Å². The van der Waals surface area contributed by atoms with Gasteiger partial charge in [0.15, 0.2) is 0 Å². The molecule has 0 saturated carbocycles. The predicted molar refractivity (Wildman–Crippen MR) is 79.6 cm³/mol. The van der Waals surface area contributed by atoms with Crippen molar-refractivity contribution >= 4 is 11.6 Å². The molecule has 1 aliphatic rings. The van der Waals surface area contributed by atoms with E-state index in [1.807, 2.05) is 0 Å². The zero-order valence-electron chi connectivity index (χ0n) is 12.1. The maximum Gasteiger partial charge on any atom is 0.129 e. The van der Waals surface area contributed by atoms with Gasteiger partial charge in [-0.15, -0.1) is 0 Å². The predicted octanol–water partition coefficient (Wildman–Crippen LogP) is 2.68. The van der Waals surface area contributed by atoms with Crippen LogP contribution in [0.15, 0.2) is 18.2 Å². The highest BCUT2D eigenvalue weighted by Gasteiger charge is 2.27. The van der Waals surface area contributed by atoms with Crippen LogP contribution >= 0.6 is 11.6 Å². The molecule has 0 unspecified atom stereocenters. The monoisotopic (exact) mass is 300 g/mol. The minimum atomic E-state index is -0.255. The molecule has 0 aromatic heterocycles. The first kappa shape index (κ1) is 15.7. The largest absolute Gasteiger partial charge is 0.379 e. The van der Waals surface area contributed by atoms with Crippen molar-refractivity contribution in [3.63, 3.8) is 0 Å². The summed E-state index contributed by atoms with van der Waals surface area (Å²) in [7, 11) is 0. The molecule has 1 fully saturated rings. The molecule has 112 valence electrons. The maximum absolute atomic E-state index is 13.7. The Morgan fingerprint density at radius 3 is 2.70 bits per heavy atom. The molecular weight excluding hydrogens is 279 g/mol. The van der Waals surface area contributed by atoms with E-state index < -0.39 is 0 Å². The second-order valence-corrected chi connectivity index (χ2v) is 6.19. The van der Waals surface area contributed by atoms with E-state index in [1.165, 1.54) is 6.07 Å². The van der Waals surface area contributed by atoms with E-state index >= 15 is 0 Å². The van der Waals surface area contributed by atoms with Gasteiger partial charge in [0.2, 0.25) is 0 Å². The van der Waals surface area contributed by atoms with Crippen molar-refractivity contribution in [2.45, 2.75) is 25.9 Å². The van der Waals surface area contributed by atoms with Crippen LogP contribution in [0.25, 0.3) is 0 Å². The van der Waals surface area contributed by atoms with Gasteiger partial charge in [0.1, 0.15) is 5.82 Å². The van der Waals surface area contributed by atoms with E-state index in [-0.39, 0.29) is 11.4 Å². The number of hydrogen-bond donors (Lipinski definition) is 1. The molecule has 0 amide bonds. The number of hydrogen-bond acceptors (Lipinski definition) is 3. The summed E-state index contributed by atoms with van der Waals surface area (Å²) in [6.45, 7) is 9.18. The zero-order valence-corrected chi connectivity index (χ0v) is 12.8. The third-order valence-corrected chi connectivity index (χ3v) is 3.99. The Kier molecular flexibility index (Phi) is 5.38. The topological polar surface area (TPSA) is 24.5 Å². The molecule has 3 nitrogen and oxygen atoms in total. The van der Waals surface area contributed by atoms with Gasteiger partial charge >= 0.3 is 0 Å². The van der Waals surface area contributed by atoms with Crippen LogP contribution in [-0.4, -0.2) is 43.3 Å². The van der Waals surface area contributed by atoms with Gasteiger partial charge in [-0.05, 0) is 26.0 Å². The molecule has 0 bridgehead atoms. The van der Waals surface area contributed by atoms with Crippen molar-refractivity contribution in [3.8, 4) is 0 Å². The number of ether oxygens (including phenoxy) is 1. The lowest BCUT2D eigenvalue weighted by Gasteiger charge is -2.41. The Bertz CT molecular complexity index is 447. The van der Waals surface area contributed by atoms with Gasteiger partial charge in [0.25, 0.3) is 0 Å². The highest BCUT2D eigenvalue weighted by molar-refractivity contribution is 6.30. The number of benzene rings is 1. The van der Waals surface area contributed by atoms with E-state index in [2.05, 4.69) is 24.1 Å². The summed E-state index contributed by atoms with van der Waals surface area (Å²) in [5, 5.41) is 3.76. The summed E-state index contributed by atoms with van der Waals surface area (Å²) in [4.78, 5) is 2.40. The molecule has 2 rings (SSSR count). The second-order valence-electron chi connectivity index (χ2n) is 5.75. The van der Waals surface area contributed by atoms with Crippen molar-refractivity contribution < 1.29 is 9.13 Å². The minimum Gasteiger partial charge on any atom is -0.379 e. The summed E-state index contributed by atoms with van der Waals surface area (Å²) in [6, 6.07) is 4.80. The molecule has 0 radical (unpaired) electrons. The van der Waals surface area contributed by atoms with Gasteiger partial charge < -0.3 is 10.1 Å². The van der Waals surface area contributed by atoms with E-state index in [4.69, 9.17) is 16.3 Å². The van der Waals surface area contributed by atoms with Crippen molar-refractivity contribution in [2.75, 3.05) is 32.8 Å². The average Bonchev–Trinajstić information content (AvgIpc) is 2.42. The third kappa shape index (κ3) is 4.16. The average molecular weight is 301 g/mol. The van der Waals surface area contributed by atoms with Gasteiger partial charge in [-0.3, -0.25) is 4.90 Å². The first-order valence-corrected chi connectivity index (χ1v) is 7.34. The van der Waals surface area contributed by atoms with Crippen molar-refractivity contribution in [3.05, 3.63) is 34.6 Å². The van der Waals surface area contributed by atoms with E-state index in [0.717, 1.165) is 32.8 Å². The van der Waals surface area contributed by atoms with Crippen LogP contribution in [0.2, 0.25) is 5.02 Å². The third-order valence-electron chi connectivity index (χ3n) is 3.76. The molecule has 0 spiro atoms. The number of nitrogens with one attached hydrogen (secondary N) is 1. The van der Waals surface area contributed by atoms with E-state index in [1.54, 1.807) is 12.1 Å². The summed E-state index contributed by atoms with van der Waals surface area (Å²) >= 11 is 5.75. The highest BCUT2D eigenvalue weighted by Crippen LogP contribution is 2.17. The molecule has 1 aliphatic heterocycles. The highest BCUT2D eigenvalue weighted by atomic mass is 35.5. The van der Waals surface area contributed by atoms with Crippen LogP contribution in [0.3, 0.4) is 0 Å². The fourth-order valence-electron chi connectivity index (χ4n) is 2.45. The van der Waals surface area contributed by atoms with Crippen LogP contribution in [0.1, 0.15) is 19.4 Å². The molecule has 0 aliphatic carbocycles. The van der Waals surface area contributed by atoms with E-state index in [0.29, 0.717) is 17.1 Å². The number of morpholine rings is 1. The Morgan fingerprint density at radius 1 is 1.35 bits per heavy atom. The molecule has 1 aromatic rings. The van der Waals surface area contributed by atoms with Gasteiger partial charge in [0.05, 0.1) is 13.2 Å². The normalized spacial score (nSPS) is 17.4. The summed E-state index contributed by atoms with van der Waals surface area (Å²) in [5.74, 6) is -0.255. The minimum absolute atomic E-state index is 0.0344. The van der Waals surface area contributed by atoms with Crippen LogP contribution in [-0.2, 0) is 11.3 Å². The lowest BCUT2D eigenvalue weighted by molar-refractivity contribution is -0.00968. The van der Waals surface area contributed by atoms with Gasteiger partial charge in [0, 0.05) is 42.3 Å². The van der Waals surface area contributed by atoms with Crippen LogP contribution in [0.5, 0.6) is 0 Å².